The average Bonchev–Trinajstić information content (AvgIpc) is 3.49. The van der Waals surface area contributed by atoms with E-state index in [4.69, 9.17) is 0 Å². The van der Waals surface area contributed by atoms with Gasteiger partial charge in [0.15, 0.2) is 0 Å². The minimum Gasteiger partial charge on any atom is -0.396 e. The summed E-state index contributed by atoms with van der Waals surface area (Å²) in [5.74, 6) is -1.33. The predicted molar refractivity (Wildman–Crippen MR) is 144 cm³/mol. The van der Waals surface area contributed by atoms with Crippen molar-refractivity contribution in [2.24, 2.45) is 11.8 Å². The van der Waals surface area contributed by atoms with Gasteiger partial charge < -0.3 is 19.8 Å². The third-order valence-corrected chi connectivity index (χ3v) is 9.84. The van der Waals surface area contributed by atoms with Crippen molar-refractivity contribution in [3.63, 3.8) is 0 Å². The van der Waals surface area contributed by atoms with Crippen molar-refractivity contribution in [2.45, 2.75) is 49.1 Å². The number of anilines is 1. The van der Waals surface area contributed by atoms with Crippen molar-refractivity contribution < 1.29 is 19.5 Å². The van der Waals surface area contributed by atoms with E-state index in [0.717, 1.165) is 23.2 Å². The molecule has 1 N–H and O–H groups in total. The summed E-state index contributed by atoms with van der Waals surface area (Å²) in [4.78, 5) is 47.0. The second-order valence-electron chi connectivity index (χ2n) is 10.2. The maximum absolute atomic E-state index is 14.5. The van der Waals surface area contributed by atoms with Crippen molar-refractivity contribution in [3.8, 4) is 0 Å². The summed E-state index contributed by atoms with van der Waals surface area (Å²) < 4.78 is -0.652. The molecule has 1 spiro atoms. The van der Waals surface area contributed by atoms with Crippen LogP contribution in [0.2, 0.25) is 0 Å². The van der Waals surface area contributed by atoms with E-state index < -0.39 is 22.6 Å². The van der Waals surface area contributed by atoms with Crippen LogP contribution in [0.1, 0.15) is 30.4 Å². The zero-order valence-corrected chi connectivity index (χ0v) is 22.3. The molecule has 0 radical (unpaired) electrons. The number of carbonyl (C=O) groups is 3. The molecule has 3 heterocycles. The average molecular weight is 512 g/mol. The number of carbonyl (C=O) groups excluding carboxylic acids is 3. The van der Waals surface area contributed by atoms with E-state index in [1.54, 1.807) is 45.7 Å². The predicted octanol–water partition coefficient (Wildman–Crippen LogP) is 2.94. The molecule has 8 heteroatoms. The zero-order valence-electron chi connectivity index (χ0n) is 21.5. The van der Waals surface area contributed by atoms with Crippen molar-refractivity contribution in [1.82, 2.24) is 9.80 Å². The molecule has 3 saturated heterocycles. The number of aryl methyl sites for hydroxylation is 2. The molecule has 5 atom stereocenters. The minimum absolute atomic E-state index is 0.0163. The van der Waals surface area contributed by atoms with Crippen molar-refractivity contribution in [2.75, 3.05) is 38.2 Å². The number of nitrogens with zero attached hydrogens (tertiary/aromatic N) is 3. The molecule has 4 rings (SSSR count). The summed E-state index contributed by atoms with van der Waals surface area (Å²) in [6, 6.07) is 5.31. The Bertz CT molecular complexity index is 1070. The normalized spacial score (nSPS) is 28.2. The topological polar surface area (TPSA) is 81.2 Å². The molecule has 0 aromatic heterocycles. The summed E-state index contributed by atoms with van der Waals surface area (Å²) >= 11 is 1.67. The van der Waals surface area contributed by atoms with Crippen LogP contribution in [0.25, 0.3) is 0 Å². The van der Waals surface area contributed by atoms with E-state index in [2.05, 4.69) is 13.2 Å². The number of aliphatic hydroxyl groups excluding tert-OH is 1. The molecule has 3 fully saturated rings. The maximum Gasteiger partial charge on any atom is 0.251 e. The summed E-state index contributed by atoms with van der Waals surface area (Å²) in [6.07, 6.45) is 5.29. The number of hydrogen-bond donors (Lipinski definition) is 1. The smallest absolute Gasteiger partial charge is 0.251 e. The first-order valence-electron chi connectivity index (χ1n) is 12.7. The zero-order chi connectivity index (χ0) is 26.2. The molecule has 7 nitrogen and oxygen atoms in total. The van der Waals surface area contributed by atoms with E-state index in [-0.39, 0.29) is 36.1 Å². The molecular formula is C28H37N3O4S. The van der Waals surface area contributed by atoms with Gasteiger partial charge in [-0.1, -0.05) is 24.3 Å². The van der Waals surface area contributed by atoms with Crippen LogP contribution in [0.5, 0.6) is 0 Å². The second-order valence-corrected chi connectivity index (χ2v) is 11.8. The van der Waals surface area contributed by atoms with E-state index in [0.29, 0.717) is 25.9 Å². The third kappa shape index (κ3) is 4.18. The lowest BCUT2D eigenvalue weighted by molar-refractivity contribution is -0.143. The Labute approximate surface area is 218 Å². The largest absolute Gasteiger partial charge is 0.396 e. The fourth-order valence-electron chi connectivity index (χ4n) is 6.33. The lowest BCUT2D eigenvalue weighted by Gasteiger charge is -2.38. The quantitative estimate of drug-likeness (QED) is 0.489. The number of aliphatic hydroxyl groups is 1. The van der Waals surface area contributed by atoms with Gasteiger partial charge in [0.1, 0.15) is 6.04 Å². The molecule has 3 aliphatic rings. The number of hydrogen-bond acceptors (Lipinski definition) is 5. The number of likely N-dealkylation sites (N-methyl/N-ethyl adjacent to an activating group) is 1. The molecule has 2 bridgehead atoms. The van der Waals surface area contributed by atoms with Crippen LogP contribution < -0.4 is 4.90 Å². The summed E-state index contributed by atoms with van der Waals surface area (Å²) in [6.45, 7) is 12.5. The Kier molecular flexibility index (Phi) is 7.67. The lowest BCUT2D eigenvalue weighted by atomic mass is 9.70. The molecule has 1 aromatic carbocycles. The summed E-state index contributed by atoms with van der Waals surface area (Å²) in [7, 11) is 1.74. The first-order valence-corrected chi connectivity index (χ1v) is 13.5. The van der Waals surface area contributed by atoms with Gasteiger partial charge in [0.2, 0.25) is 11.8 Å². The van der Waals surface area contributed by atoms with E-state index in [1.807, 2.05) is 32.0 Å². The molecule has 194 valence electrons. The van der Waals surface area contributed by atoms with Gasteiger partial charge in [0.05, 0.1) is 16.6 Å². The molecule has 0 aliphatic carbocycles. The van der Waals surface area contributed by atoms with Crippen molar-refractivity contribution in [3.05, 3.63) is 54.6 Å². The van der Waals surface area contributed by atoms with Gasteiger partial charge in [-0.2, -0.15) is 0 Å². The van der Waals surface area contributed by atoms with E-state index in [1.165, 1.54) is 0 Å². The Morgan fingerprint density at radius 3 is 2.61 bits per heavy atom. The molecule has 36 heavy (non-hydrogen) atoms. The van der Waals surface area contributed by atoms with Crippen LogP contribution >= 0.6 is 11.8 Å². The SMILES string of the molecule is C=CCN(C)C(=O)[C@@H]1[C@H]2C(=O)N(CCCO)C(C(=O)N(CC=C)c3cc(C)ccc3C)C23CC[C@H]1S3. The monoisotopic (exact) mass is 511 g/mol. The van der Waals surface area contributed by atoms with E-state index in [9.17, 15) is 19.5 Å². The van der Waals surface area contributed by atoms with Gasteiger partial charge in [-0.15, -0.1) is 24.9 Å². The van der Waals surface area contributed by atoms with Gasteiger partial charge in [-0.3, -0.25) is 14.4 Å². The fraction of sp³-hybridized carbons (Fsp3) is 0.536. The lowest BCUT2D eigenvalue weighted by Crippen LogP contribution is -2.55. The highest BCUT2D eigenvalue weighted by Crippen LogP contribution is 2.66. The standard InChI is InChI=1S/C28H37N3O4S/c1-6-13-29(5)25(33)22-21-11-12-28(36-21)23(22)26(34)31(15-8-16-32)24(28)27(35)30(14-7-2)20-17-18(3)9-10-19(20)4/h6-7,9-10,17,21-24,32H,1-2,8,11-16H2,3-5H3/t21-,22+,23+,24?,28?/m1/s1. The van der Waals surface area contributed by atoms with Crippen LogP contribution in [0.15, 0.2) is 43.5 Å². The first-order chi connectivity index (χ1) is 17.2. The number of fused-ring (bicyclic) bond motifs is 1. The number of likely N-dealkylation sites (tertiary alicyclic amines) is 1. The van der Waals surface area contributed by atoms with Crippen LogP contribution in [0, 0.1) is 25.7 Å². The molecule has 1 aromatic rings. The molecule has 3 aliphatic heterocycles. The van der Waals surface area contributed by atoms with Crippen molar-refractivity contribution in [1.29, 1.82) is 0 Å². The number of amides is 3. The number of rotatable bonds is 10. The van der Waals surface area contributed by atoms with Gasteiger partial charge in [0.25, 0.3) is 5.91 Å². The fourth-order valence-corrected chi connectivity index (χ4v) is 8.53. The molecule has 0 saturated carbocycles. The highest BCUT2D eigenvalue weighted by molar-refractivity contribution is 8.02. The van der Waals surface area contributed by atoms with Crippen molar-refractivity contribution >= 4 is 35.2 Å². The third-order valence-electron chi connectivity index (χ3n) is 7.89. The minimum atomic E-state index is -0.695. The first kappa shape index (κ1) is 26.5. The Balaban J connectivity index is 1.78. The Morgan fingerprint density at radius 1 is 1.22 bits per heavy atom. The van der Waals surface area contributed by atoms with Gasteiger partial charge in [-0.05, 0) is 50.3 Å². The molecule has 3 amide bonds. The highest BCUT2D eigenvalue weighted by Gasteiger charge is 2.73. The Morgan fingerprint density at radius 2 is 1.94 bits per heavy atom. The van der Waals surface area contributed by atoms with Gasteiger partial charge in [0, 0.05) is 44.2 Å². The molecule has 2 unspecified atom stereocenters. The second kappa shape index (κ2) is 10.4. The highest BCUT2D eigenvalue weighted by atomic mass is 32.2. The van der Waals surface area contributed by atoms with Crippen LogP contribution in [0.4, 0.5) is 5.69 Å². The molecular weight excluding hydrogens is 474 g/mol. The summed E-state index contributed by atoms with van der Waals surface area (Å²) in [5.41, 5.74) is 2.82. The number of thioether (sulfide) groups is 1. The maximum atomic E-state index is 14.5. The number of benzene rings is 1. The van der Waals surface area contributed by atoms with E-state index >= 15 is 0 Å². The van der Waals surface area contributed by atoms with Gasteiger partial charge in [-0.25, -0.2) is 0 Å². The Hall–Kier alpha value is -2.58. The summed E-state index contributed by atoms with van der Waals surface area (Å²) in [5, 5.41) is 9.58. The van der Waals surface area contributed by atoms with Crippen LogP contribution in [0.3, 0.4) is 0 Å². The van der Waals surface area contributed by atoms with Gasteiger partial charge >= 0.3 is 0 Å². The van der Waals surface area contributed by atoms with Crippen LogP contribution in [-0.4, -0.2) is 82.0 Å². The van der Waals surface area contributed by atoms with Crippen LogP contribution in [-0.2, 0) is 14.4 Å².